The number of nitro benzene ring substituents is 1. The number of rotatable bonds is 10. The van der Waals surface area contributed by atoms with Crippen LogP contribution in [0.25, 0.3) is 0 Å². The van der Waals surface area contributed by atoms with Crippen molar-refractivity contribution in [3.8, 4) is 5.75 Å². The van der Waals surface area contributed by atoms with Crippen LogP contribution in [-0.2, 0) is 21.2 Å². The molecule has 2 rings (SSSR count). The molecule has 0 aliphatic rings. The summed E-state index contributed by atoms with van der Waals surface area (Å²) in [7, 11) is -2.12. The van der Waals surface area contributed by atoms with Gasteiger partial charge >= 0.3 is 11.7 Å². The molecule has 0 spiro atoms. The lowest BCUT2D eigenvalue weighted by Gasteiger charge is -2.07. The number of esters is 1. The van der Waals surface area contributed by atoms with Crippen LogP contribution in [0.3, 0.4) is 0 Å². The number of carbonyl (C=O) groups is 2. The Labute approximate surface area is 170 Å². The van der Waals surface area contributed by atoms with Crippen LogP contribution in [0, 0.1) is 10.1 Å². The van der Waals surface area contributed by atoms with Gasteiger partial charge in [0.25, 0.3) is 0 Å². The zero-order valence-corrected chi connectivity index (χ0v) is 17.2. The fraction of sp³-hybridized carbons (Fsp3) is 0.294. The summed E-state index contributed by atoms with van der Waals surface area (Å²) in [5.41, 5.74) is -0.470. The number of benzene rings is 1. The number of thiophene rings is 1. The Morgan fingerprint density at radius 3 is 2.59 bits per heavy atom. The van der Waals surface area contributed by atoms with Crippen molar-refractivity contribution >= 4 is 38.8 Å². The van der Waals surface area contributed by atoms with Gasteiger partial charge < -0.3 is 9.47 Å². The maximum Gasteiger partial charge on any atom is 0.338 e. The highest BCUT2D eigenvalue weighted by Gasteiger charge is 2.20. The molecule has 0 saturated carbocycles. The van der Waals surface area contributed by atoms with Gasteiger partial charge in [0.2, 0.25) is 15.8 Å². The lowest BCUT2D eigenvalue weighted by molar-refractivity contribution is -0.385. The molecule has 12 heteroatoms. The number of ether oxygens (including phenoxy) is 2. The van der Waals surface area contributed by atoms with Gasteiger partial charge in [0, 0.05) is 17.5 Å². The second-order valence-electron chi connectivity index (χ2n) is 5.83. The molecular weight excluding hydrogens is 424 g/mol. The Morgan fingerprint density at radius 2 is 1.97 bits per heavy atom. The highest BCUT2D eigenvalue weighted by atomic mass is 32.2. The highest BCUT2D eigenvalue weighted by molar-refractivity contribution is 7.88. The first kappa shape index (κ1) is 22.5. The van der Waals surface area contributed by atoms with E-state index in [4.69, 9.17) is 4.74 Å². The van der Waals surface area contributed by atoms with Crippen LogP contribution in [0.4, 0.5) is 5.69 Å². The molecule has 0 unspecified atom stereocenters. The summed E-state index contributed by atoms with van der Waals surface area (Å²) in [6.45, 7) is -0.220. The van der Waals surface area contributed by atoms with Crippen LogP contribution >= 0.6 is 11.3 Å². The number of ketones is 1. The highest BCUT2D eigenvalue weighted by Crippen LogP contribution is 2.28. The smallest absolute Gasteiger partial charge is 0.338 e. The molecule has 1 N–H and O–H groups in total. The van der Waals surface area contributed by atoms with Crippen LogP contribution < -0.4 is 9.46 Å². The molecule has 0 aliphatic heterocycles. The molecule has 0 aliphatic carbocycles. The Balaban J connectivity index is 2.02. The fourth-order valence-corrected chi connectivity index (χ4v) is 3.67. The molecule has 1 heterocycles. The van der Waals surface area contributed by atoms with Gasteiger partial charge in [-0.2, -0.15) is 0 Å². The number of Topliss-reactive ketones (excluding diaryl/α,β-unsaturated/α-hetero) is 1. The summed E-state index contributed by atoms with van der Waals surface area (Å²) < 4.78 is 34.3. The van der Waals surface area contributed by atoms with Crippen molar-refractivity contribution in [1.29, 1.82) is 0 Å². The number of hydrogen-bond acceptors (Lipinski definition) is 9. The number of nitro groups is 1. The van der Waals surface area contributed by atoms with Gasteiger partial charge in [-0.3, -0.25) is 14.9 Å². The van der Waals surface area contributed by atoms with Crippen LogP contribution in [-0.4, -0.2) is 51.6 Å². The summed E-state index contributed by atoms with van der Waals surface area (Å²) in [5.74, 6) is -1.26. The number of nitrogens with zero attached hydrogens (tertiary/aromatic N) is 1. The third-order valence-electron chi connectivity index (χ3n) is 3.61. The molecule has 2 aromatic rings. The van der Waals surface area contributed by atoms with E-state index in [-0.39, 0.29) is 23.6 Å². The normalized spacial score (nSPS) is 11.1. The van der Waals surface area contributed by atoms with E-state index in [1.165, 1.54) is 23.5 Å². The van der Waals surface area contributed by atoms with Gasteiger partial charge in [-0.15, -0.1) is 11.3 Å². The number of nitrogens with one attached hydrogen (secondary N) is 1. The molecule has 0 atom stereocenters. The topological polar surface area (TPSA) is 142 Å². The van der Waals surface area contributed by atoms with Crippen molar-refractivity contribution in [3.05, 3.63) is 55.8 Å². The SMILES string of the molecule is COC(=O)c1ccc(OCC(=O)c2ccc(CCNS(C)(=O)=O)s2)c([N+](=O)[O-])c1. The van der Waals surface area contributed by atoms with Crippen molar-refractivity contribution in [2.24, 2.45) is 0 Å². The Morgan fingerprint density at radius 1 is 1.24 bits per heavy atom. The Kier molecular flexibility index (Phi) is 7.42. The molecule has 1 aromatic heterocycles. The van der Waals surface area contributed by atoms with E-state index in [2.05, 4.69) is 9.46 Å². The van der Waals surface area contributed by atoms with Crippen molar-refractivity contribution in [1.82, 2.24) is 4.72 Å². The number of sulfonamides is 1. The first-order valence-corrected chi connectivity index (χ1v) is 10.9. The lowest BCUT2D eigenvalue weighted by atomic mass is 10.2. The number of methoxy groups -OCH3 is 1. The van der Waals surface area contributed by atoms with Crippen molar-refractivity contribution in [2.75, 3.05) is 26.5 Å². The van der Waals surface area contributed by atoms with Crippen LogP contribution in [0.15, 0.2) is 30.3 Å². The van der Waals surface area contributed by atoms with Crippen LogP contribution in [0.1, 0.15) is 24.9 Å². The maximum absolute atomic E-state index is 12.3. The largest absolute Gasteiger partial charge is 0.478 e. The van der Waals surface area contributed by atoms with E-state index in [1.54, 1.807) is 12.1 Å². The summed E-state index contributed by atoms with van der Waals surface area (Å²) in [6, 6.07) is 6.84. The van der Waals surface area contributed by atoms with E-state index < -0.39 is 33.2 Å². The molecule has 0 amide bonds. The van der Waals surface area contributed by atoms with Crippen molar-refractivity contribution in [2.45, 2.75) is 6.42 Å². The molecular formula is C17H18N2O8S2. The lowest BCUT2D eigenvalue weighted by Crippen LogP contribution is -2.24. The first-order chi connectivity index (χ1) is 13.6. The minimum Gasteiger partial charge on any atom is -0.478 e. The predicted octanol–water partition coefficient (Wildman–Crippen LogP) is 1.80. The molecule has 0 saturated heterocycles. The average Bonchev–Trinajstić information content (AvgIpc) is 3.13. The molecule has 0 fully saturated rings. The van der Waals surface area contributed by atoms with Gasteiger partial charge in [0.15, 0.2) is 12.4 Å². The van der Waals surface area contributed by atoms with Crippen molar-refractivity contribution in [3.63, 3.8) is 0 Å². The standard InChI is InChI=1S/C17H18N2O8S2/c1-26-17(21)11-3-5-15(13(9-11)19(22)23)27-10-14(20)16-6-4-12(28-16)7-8-18-29(2,24)25/h3-6,9,18H,7-8,10H2,1-2H3. The van der Waals surface area contributed by atoms with Crippen molar-refractivity contribution < 1.29 is 32.4 Å². The van der Waals surface area contributed by atoms with Gasteiger partial charge in [-0.25, -0.2) is 17.9 Å². The summed E-state index contributed by atoms with van der Waals surface area (Å²) in [4.78, 5) is 35.5. The quantitative estimate of drug-likeness (QED) is 0.254. The monoisotopic (exact) mass is 442 g/mol. The molecule has 156 valence electrons. The molecule has 1 aromatic carbocycles. The van der Waals surface area contributed by atoms with Gasteiger partial charge in [-0.1, -0.05) is 0 Å². The zero-order valence-electron chi connectivity index (χ0n) is 15.5. The van der Waals surface area contributed by atoms with E-state index >= 15 is 0 Å². The zero-order chi connectivity index (χ0) is 21.6. The maximum atomic E-state index is 12.3. The van der Waals surface area contributed by atoms with Gasteiger partial charge in [0.1, 0.15) is 0 Å². The van der Waals surface area contributed by atoms with Gasteiger partial charge in [0.05, 0.1) is 28.7 Å². The summed E-state index contributed by atoms with van der Waals surface area (Å²) in [6.07, 6.45) is 1.48. The van der Waals surface area contributed by atoms with E-state index in [9.17, 15) is 28.1 Å². The second kappa shape index (κ2) is 9.58. The number of hydrogen-bond donors (Lipinski definition) is 1. The third-order valence-corrected chi connectivity index (χ3v) is 5.52. The van der Waals surface area contributed by atoms with Crippen LogP contribution in [0.5, 0.6) is 5.75 Å². The second-order valence-corrected chi connectivity index (χ2v) is 8.83. The van der Waals surface area contributed by atoms with E-state index in [0.29, 0.717) is 11.3 Å². The van der Waals surface area contributed by atoms with Crippen LogP contribution in [0.2, 0.25) is 0 Å². The third kappa shape index (κ3) is 6.62. The Hall–Kier alpha value is -2.83. The number of carbonyl (C=O) groups excluding carboxylic acids is 2. The minimum atomic E-state index is -3.28. The van der Waals surface area contributed by atoms with E-state index in [1.807, 2.05) is 0 Å². The van der Waals surface area contributed by atoms with E-state index in [0.717, 1.165) is 24.3 Å². The predicted molar refractivity (Wildman–Crippen MR) is 105 cm³/mol. The molecule has 29 heavy (non-hydrogen) atoms. The first-order valence-electron chi connectivity index (χ1n) is 8.17. The fourth-order valence-electron chi connectivity index (χ4n) is 2.26. The summed E-state index contributed by atoms with van der Waals surface area (Å²) >= 11 is 1.19. The molecule has 10 nitrogen and oxygen atoms in total. The average molecular weight is 442 g/mol. The summed E-state index contributed by atoms with van der Waals surface area (Å²) in [5, 5.41) is 11.2. The molecule has 0 radical (unpaired) electrons. The molecule has 0 bridgehead atoms. The Bertz CT molecular complexity index is 1030. The minimum absolute atomic E-state index is 0.0107. The van der Waals surface area contributed by atoms with Gasteiger partial charge in [-0.05, 0) is 30.7 Å².